The summed E-state index contributed by atoms with van der Waals surface area (Å²) in [6.07, 6.45) is 0. The summed E-state index contributed by atoms with van der Waals surface area (Å²) in [6.45, 7) is 8.13. The molecule has 5 heteroatoms. The molecule has 0 bridgehead atoms. The summed E-state index contributed by atoms with van der Waals surface area (Å²) in [6, 6.07) is 3.77. The fourth-order valence-corrected chi connectivity index (χ4v) is 3.57. The number of aryl methyl sites for hydroxylation is 1. The van der Waals surface area contributed by atoms with E-state index in [2.05, 4.69) is 19.6 Å². The molecule has 0 fully saturated rings. The molecule has 0 saturated carbocycles. The van der Waals surface area contributed by atoms with Crippen molar-refractivity contribution in [2.24, 2.45) is 0 Å². The number of hydrogen-bond donors (Lipinski definition) is 0. The Kier molecular flexibility index (Phi) is 4.52. The maximum absolute atomic E-state index is 12.1. The van der Waals surface area contributed by atoms with E-state index in [0.29, 0.717) is 16.7 Å². The molecule has 0 aliphatic carbocycles. The summed E-state index contributed by atoms with van der Waals surface area (Å²) < 4.78 is 9.63. The monoisotopic (exact) mass is 280 g/mol. The SMILES string of the molecule is COC(=O)c1c(C)ccc([Si](C)(C)C)c1C(=O)OC. The Morgan fingerprint density at radius 2 is 1.42 bits per heavy atom. The van der Waals surface area contributed by atoms with Crippen molar-refractivity contribution in [2.75, 3.05) is 14.2 Å². The third kappa shape index (κ3) is 3.04. The van der Waals surface area contributed by atoms with Crippen LogP contribution in [-0.4, -0.2) is 34.2 Å². The van der Waals surface area contributed by atoms with Gasteiger partial charge in [0.05, 0.1) is 33.4 Å². The number of hydrogen-bond acceptors (Lipinski definition) is 4. The maximum Gasteiger partial charge on any atom is 0.338 e. The van der Waals surface area contributed by atoms with Crippen LogP contribution in [0.15, 0.2) is 12.1 Å². The van der Waals surface area contributed by atoms with Crippen molar-refractivity contribution in [3.05, 3.63) is 28.8 Å². The van der Waals surface area contributed by atoms with Crippen LogP contribution in [0.25, 0.3) is 0 Å². The molecule has 0 saturated heterocycles. The zero-order chi connectivity index (χ0) is 14.8. The van der Waals surface area contributed by atoms with Crippen LogP contribution in [0.1, 0.15) is 26.3 Å². The molecular weight excluding hydrogens is 260 g/mol. The summed E-state index contributed by atoms with van der Waals surface area (Å²) in [5, 5.41) is 0.908. The van der Waals surface area contributed by atoms with E-state index in [9.17, 15) is 9.59 Å². The molecular formula is C14H20O4Si. The number of carbonyl (C=O) groups excluding carboxylic acids is 2. The van der Waals surface area contributed by atoms with Crippen molar-refractivity contribution in [3.63, 3.8) is 0 Å². The van der Waals surface area contributed by atoms with Crippen molar-refractivity contribution in [2.45, 2.75) is 26.6 Å². The fourth-order valence-electron chi connectivity index (χ4n) is 2.01. The van der Waals surface area contributed by atoms with Crippen LogP contribution in [0.4, 0.5) is 0 Å². The highest BCUT2D eigenvalue weighted by molar-refractivity contribution is 6.89. The number of carbonyl (C=O) groups is 2. The Morgan fingerprint density at radius 3 is 1.84 bits per heavy atom. The molecule has 0 heterocycles. The predicted octanol–water partition coefficient (Wildman–Crippen LogP) is 2.11. The van der Waals surface area contributed by atoms with Gasteiger partial charge in [0.1, 0.15) is 0 Å². The quantitative estimate of drug-likeness (QED) is 0.628. The van der Waals surface area contributed by atoms with Crippen molar-refractivity contribution >= 4 is 25.2 Å². The Bertz CT molecular complexity index is 515. The highest BCUT2D eigenvalue weighted by Crippen LogP contribution is 2.18. The highest BCUT2D eigenvalue weighted by Gasteiger charge is 2.30. The van der Waals surface area contributed by atoms with Gasteiger partial charge in [0.15, 0.2) is 0 Å². The number of benzene rings is 1. The Labute approximate surface area is 114 Å². The Balaban J connectivity index is 3.70. The van der Waals surface area contributed by atoms with Gasteiger partial charge in [-0.05, 0) is 17.7 Å². The van der Waals surface area contributed by atoms with Gasteiger partial charge in [-0.3, -0.25) is 0 Å². The van der Waals surface area contributed by atoms with Crippen LogP contribution in [0, 0.1) is 6.92 Å². The smallest absolute Gasteiger partial charge is 0.338 e. The predicted molar refractivity (Wildman–Crippen MR) is 76.8 cm³/mol. The van der Waals surface area contributed by atoms with Gasteiger partial charge in [0.25, 0.3) is 0 Å². The fraction of sp³-hybridized carbons (Fsp3) is 0.429. The van der Waals surface area contributed by atoms with Gasteiger partial charge in [-0.25, -0.2) is 9.59 Å². The molecule has 4 nitrogen and oxygen atoms in total. The summed E-state index contributed by atoms with van der Waals surface area (Å²) in [5.74, 6) is -0.987. The Morgan fingerprint density at radius 1 is 0.947 bits per heavy atom. The van der Waals surface area contributed by atoms with Crippen LogP contribution in [0.3, 0.4) is 0 Å². The van der Waals surface area contributed by atoms with E-state index in [1.807, 2.05) is 12.1 Å². The molecule has 0 atom stereocenters. The minimum atomic E-state index is -1.78. The number of esters is 2. The zero-order valence-electron chi connectivity index (χ0n) is 12.3. The Hall–Kier alpha value is -1.62. The average Bonchev–Trinajstić information content (AvgIpc) is 2.34. The molecule has 0 amide bonds. The molecule has 0 spiro atoms. The zero-order valence-corrected chi connectivity index (χ0v) is 13.3. The normalized spacial score (nSPS) is 11.1. The molecule has 1 rings (SSSR count). The van der Waals surface area contributed by atoms with Gasteiger partial charge >= 0.3 is 11.9 Å². The molecule has 0 unspecified atom stereocenters. The van der Waals surface area contributed by atoms with E-state index in [1.165, 1.54) is 14.2 Å². The molecule has 0 N–H and O–H groups in total. The highest BCUT2D eigenvalue weighted by atomic mass is 28.3. The first kappa shape index (κ1) is 15.4. The lowest BCUT2D eigenvalue weighted by atomic mass is 10.0. The van der Waals surface area contributed by atoms with Crippen LogP contribution in [0.5, 0.6) is 0 Å². The molecule has 0 aromatic heterocycles. The lowest BCUT2D eigenvalue weighted by Gasteiger charge is -2.22. The van der Waals surface area contributed by atoms with Crippen molar-refractivity contribution in [3.8, 4) is 0 Å². The maximum atomic E-state index is 12.1. The summed E-state index contributed by atoms with van der Waals surface area (Å²) in [4.78, 5) is 24.0. The molecule has 0 radical (unpaired) electrons. The molecule has 104 valence electrons. The topological polar surface area (TPSA) is 52.6 Å². The number of rotatable bonds is 3. The van der Waals surface area contributed by atoms with Gasteiger partial charge in [0.2, 0.25) is 0 Å². The molecule has 1 aromatic rings. The standard InChI is InChI=1S/C14H20O4Si/c1-9-7-8-10(19(4,5)6)12(14(16)18-3)11(9)13(15)17-2/h7-8H,1-6H3. The van der Waals surface area contributed by atoms with Crippen molar-refractivity contribution < 1.29 is 19.1 Å². The van der Waals surface area contributed by atoms with E-state index in [1.54, 1.807) is 6.92 Å². The third-order valence-corrected chi connectivity index (χ3v) is 5.03. The minimum absolute atomic E-state index is 0.314. The van der Waals surface area contributed by atoms with Gasteiger partial charge in [-0.15, -0.1) is 0 Å². The molecule has 1 aromatic carbocycles. The number of methoxy groups -OCH3 is 2. The van der Waals surface area contributed by atoms with Gasteiger partial charge in [-0.1, -0.05) is 31.8 Å². The van der Waals surface area contributed by atoms with Crippen molar-refractivity contribution in [1.29, 1.82) is 0 Å². The first-order valence-electron chi connectivity index (χ1n) is 6.04. The summed E-state index contributed by atoms with van der Waals surface area (Å²) in [7, 11) is 0.850. The lowest BCUT2D eigenvalue weighted by Crippen LogP contribution is -2.43. The lowest BCUT2D eigenvalue weighted by molar-refractivity contribution is 0.0555. The second kappa shape index (κ2) is 5.57. The first-order chi connectivity index (χ1) is 8.73. The van der Waals surface area contributed by atoms with E-state index in [0.717, 1.165) is 5.19 Å². The van der Waals surface area contributed by atoms with E-state index in [-0.39, 0.29) is 0 Å². The van der Waals surface area contributed by atoms with Crippen molar-refractivity contribution in [1.82, 2.24) is 0 Å². The van der Waals surface area contributed by atoms with Gasteiger partial charge < -0.3 is 9.47 Å². The van der Waals surface area contributed by atoms with Crippen LogP contribution in [0.2, 0.25) is 19.6 Å². The summed E-state index contributed by atoms with van der Waals surface area (Å²) in [5.41, 5.74) is 1.39. The average molecular weight is 280 g/mol. The van der Waals surface area contributed by atoms with Crippen LogP contribution < -0.4 is 5.19 Å². The van der Waals surface area contributed by atoms with Gasteiger partial charge in [-0.2, -0.15) is 0 Å². The largest absolute Gasteiger partial charge is 0.465 e. The number of ether oxygens (including phenoxy) is 2. The molecule has 0 aliphatic heterocycles. The molecule has 19 heavy (non-hydrogen) atoms. The second-order valence-electron chi connectivity index (χ2n) is 5.41. The minimum Gasteiger partial charge on any atom is -0.465 e. The molecule has 0 aliphatic rings. The van der Waals surface area contributed by atoms with Crippen LogP contribution in [-0.2, 0) is 9.47 Å². The first-order valence-corrected chi connectivity index (χ1v) is 9.54. The second-order valence-corrected chi connectivity index (χ2v) is 10.5. The third-order valence-electron chi connectivity index (χ3n) is 3.00. The van der Waals surface area contributed by atoms with E-state index >= 15 is 0 Å². The van der Waals surface area contributed by atoms with Crippen LogP contribution >= 0.6 is 0 Å². The van der Waals surface area contributed by atoms with E-state index < -0.39 is 20.0 Å². The van der Waals surface area contributed by atoms with E-state index in [4.69, 9.17) is 9.47 Å². The van der Waals surface area contributed by atoms with Gasteiger partial charge in [0, 0.05) is 0 Å². The summed E-state index contributed by atoms with van der Waals surface area (Å²) >= 11 is 0.